The van der Waals surface area contributed by atoms with Gasteiger partial charge in [-0.15, -0.1) is 0 Å². The Morgan fingerprint density at radius 2 is 2.00 bits per heavy atom. The third-order valence-electron chi connectivity index (χ3n) is 5.70. The molecule has 168 valence electrons. The summed E-state index contributed by atoms with van der Waals surface area (Å²) < 4.78 is 15.5. The van der Waals surface area contributed by atoms with Crippen LogP contribution in [0, 0.1) is 5.82 Å². The smallest absolute Gasteiger partial charge is 0.330 e. The second kappa shape index (κ2) is 9.91. The average Bonchev–Trinajstić information content (AvgIpc) is 2.72. The van der Waals surface area contributed by atoms with Crippen LogP contribution in [-0.4, -0.2) is 40.0 Å². The number of aromatic amines is 1. The number of nitrogens with one attached hydrogen (secondary N) is 1. The van der Waals surface area contributed by atoms with Crippen molar-refractivity contribution in [2.24, 2.45) is 0 Å². The van der Waals surface area contributed by atoms with E-state index in [1.54, 1.807) is 18.2 Å². The second-order valence-electron chi connectivity index (χ2n) is 7.84. The molecule has 1 atom stereocenters. The first kappa shape index (κ1) is 22.7. The molecule has 31 heavy (non-hydrogen) atoms. The number of carbonyl (C=O) groups excluding carboxylic acids is 1. The van der Waals surface area contributed by atoms with E-state index in [1.807, 2.05) is 18.7 Å². The summed E-state index contributed by atoms with van der Waals surface area (Å²) in [5.41, 5.74) is 5.50. The molecule has 2 aromatic rings. The minimum atomic E-state index is -0.673. The number of hydrogen-bond acceptors (Lipinski definition) is 5. The Kier molecular flexibility index (Phi) is 7.27. The molecule has 1 aromatic carbocycles. The highest BCUT2D eigenvalue weighted by Gasteiger charge is 2.34. The molecule has 3 rings (SSSR count). The Hall–Kier alpha value is -2.94. The molecular formula is C22H30FN5O3. The van der Waals surface area contributed by atoms with Gasteiger partial charge in [0.05, 0.1) is 6.54 Å². The summed E-state index contributed by atoms with van der Waals surface area (Å²) in [7, 11) is 0. The molecule has 1 aliphatic heterocycles. The number of amides is 1. The number of H-pyrrole nitrogens is 1. The van der Waals surface area contributed by atoms with Gasteiger partial charge in [-0.2, -0.15) is 0 Å². The van der Waals surface area contributed by atoms with E-state index in [-0.39, 0.29) is 35.8 Å². The van der Waals surface area contributed by atoms with Crippen molar-refractivity contribution in [2.45, 2.75) is 52.1 Å². The topological polar surface area (TPSA) is 104 Å². The molecule has 0 spiro atoms. The van der Waals surface area contributed by atoms with Crippen LogP contribution >= 0.6 is 0 Å². The van der Waals surface area contributed by atoms with Gasteiger partial charge in [-0.25, -0.2) is 9.18 Å². The highest BCUT2D eigenvalue weighted by molar-refractivity contribution is 5.96. The Balaban J connectivity index is 1.89. The summed E-state index contributed by atoms with van der Waals surface area (Å²) in [6, 6.07) is 6.39. The van der Waals surface area contributed by atoms with E-state index < -0.39 is 11.2 Å². The number of rotatable bonds is 9. The van der Waals surface area contributed by atoms with Crippen molar-refractivity contribution in [1.29, 1.82) is 0 Å². The van der Waals surface area contributed by atoms with Crippen LogP contribution in [0.2, 0.25) is 0 Å². The number of benzene rings is 1. The van der Waals surface area contributed by atoms with Gasteiger partial charge < -0.3 is 10.6 Å². The van der Waals surface area contributed by atoms with Crippen molar-refractivity contribution >= 4 is 17.4 Å². The maximum absolute atomic E-state index is 14.2. The molecule has 8 nitrogen and oxygen atoms in total. The first-order valence-corrected chi connectivity index (χ1v) is 10.8. The lowest BCUT2D eigenvalue weighted by molar-refractivity contribution is -0.121. The Bertz CT molecular complexity index is 1050. The lowest BCUT2D eigenvalue weighted by atomic mass is 9.94. The zero-order valence-electron chi connectivity index (χ0n) is 18.1. The van der Waals surface area contributed by atoms with Crippen molar-refractivity contribution in [3.05, 3.63) is 56.5 Å². The Labute approximate surface area is 180 Å². The van der Waals surface area contributed by atoms with E-state index in [1.165, 1.54) is 15.5 Å². The predicted molar refractivity (Wildman–Crippen MR) is 119 cm³/mol. The van der Waals surface area contributed by atoms with Crippen molar-refractivity contribution in [3.8, 4) is 0 Å². The summed E-state index contributed by atoms with van der Waals surface area (Å²) >= 11 is 0. The van der Waals surface area contributed by atoms with Crippen LogP contribution in [0.3, 0.4) is 0 Å². The third kappa shape index (κ3) is 4.71. The second-order valence-corrected chi connectivity index (χ2v) is 7.84. The Morgan fingerprint density at radius 3 is 2.61 bits per heavy atom. The molecule has 0 radical (unpaired) electrons. The van der Waals surface area contributed by atoms with Gasteiger partial charge in [0.1, 0.15) is 11.6 Å². The fourth-order valence-electron chi connectivity index (χ4n) is 3.95. The zero-order valence-corrected chi connectivity index (χ0v) is 18.1. The fraction of sp³-hybridized carbons (Fsp3) is 0.500. The molecule has 0 saturated carbocycles. The summed E-state index contributed by atoms with van der Waals surface area (Å²) in [6.45, 7) is 5.22. The third-order valence-corrected chi connectivity index (χ3v) is 5.70. The molecule has 1 aromatic heterocycles. The van der Waals surface area contributed by atoms with Crippen molar-refractivity contribution in [3.63, 3.8) is 0 Å². The minimum absolute atomic E-state index is 0.00526. The van der Waals surface area contributed by atoms with Crippen LogP contribution in [0.4, 0.5) is 15.9 Å². The molecule has 2 heterocycles. The van der Waals surface area contributed by atoms with Gasteiger partial charge in [-0.3, -0.25) is 24.0 Å². The zero-order chi connectivity index (χ0) is 22.5. The van der Waals surface area contributed by atoms with Crippen LogP contribution in [0.25, 0.3) is 0 Å². The highest BCUT2D eigenvalue weighted by Crippen LogP contribution is 2.34. The molecule has 0 bridgehead atoms. The molecule has 1 amide bonds. The first-order chi connectivity index (χ1) is 14.9. The number of hydrogen-bond donors (Lipinski definition) is 2. The van der Waals surface area contributed by atoms with Crippen molar-refractivity contribution in [2.75, 3.05) is 30.3 Å². The van der Waals surface area contributed by atoms with Crippen LogP contribution in [-0.2, 0) is 11.3 Å². The number of nitrogens with two attached hydrogens (primary N) is 1. The van der Waals surface area contributed by atoms with Gasteiger partial charge in [-0.1, -0.05) is 38.5 Å². The summed E-state index contributed by atoms with van der Waals surface area (Å²) in [5.74, 6) is -0.595. The average molecular weight is 432 g/mol. The summed E-state index contributed by atoms with van der Waals surface area (Å²) in [5, 5.41) is 0. The molecule has 1 saturated heterocycles. The number of aromatic nitrogens is 2. The molecule has 0 unspecified atom stereocenters. The van der Waals surface area contributed by atoms with Gasteiger partial charge in [0.15, 0.2) is 5.69 Å². The normalized spacial score (nSPS) is 16.2. The van der Waals surface area contributed by atoms with E-state index in [9.17, 15) is 18.8 Å². The monoisotopic (exact) mass is 431 g/mol. The van der Waals surface area contributed by atoms with Gasteiger partial charge in [-0.05, 0) is 25.3 Å². The standard InChI is InChI=1S/C22H30FN5O3/c1-3-5-12-27(19-20(24)28(11-4-2)22(31)25-21(19)30)18(29)14-26-13-10-17(26)15-8-6-7-9-16(15)23/h6-9,17H,3-5,10-14,24H2,1-2H3,(H,25,30,31)/t17-/m0/s1. The van der Waals surface area contributed by atoms with Crippen LogP contribution < -0.4 is 21.9 Å². The van der Waals surface area contributed by atoms with Crippen LogP contribution in [0.1, 0.15) is 51.1 Å². The number of unbranched alkanes of at least 4 members (excludes halogenated alkanes) is 1. The number of anilines is 2. The maximum Gasteiger partial charge on any atom is 0.330 e. The minimum Gasteiger partial charge on any atom is -0.383 e. The predicted octanol–water partition coefficient (Wildman–Crippen LogP) is 2.25. The number of nitrogens with zero attached hydrogens (tertiary/aromatic N) is 3. The number of halogens is 1. The largest absolute Gasteiger partial charge is 0.383 e. The lowest BCUT2D eigenvalue weighted by Gasteiger charge is -2.41. The fourth-order valence-corrected chi connectivity index (χ4v) is 3.95. The molecular weight excluding hydrogens is 401 g/mol. The lowest BCUT2D eigenvalue weighted by Crippen LogP contribution is -2.50. The van der Waals surface area contributed by atoms with Crippen LogP contribution in [0.5, 0.6) is 0 Å². The number of nitrogen functional groups attached to an aromatic ring is 1. The van der Waals surface area contributed by atoms with Gasteiger partial charge in [0.2, 0.25) is 5.91 Å². The molecule has 3 N–H and O–H groups in total. The van der Waals surface area contributed by atoms with E-state index in [0.717, 1.165) is 12.8 Å². The number of likely N-dealkylation sites (tertiary alicyclic amines) is 1. The molecule has 0 aliphatic carbocycles. The molecule has 9 heteroatoms. The van der Waals surface area contributed by atoms with E-state index in [0.29, 0.717) is 38.0 Å². The van der Waals surface area contributed by atoms with Crippen molar-refractivity contribution in [1.82, 2.24) is 14.5 Å². The first-order valence-electron chi connectivity index (χ1n) is 10.8. The van der Waals surface area contributed by atoms with Crippen LogP contribution in [0.15, 0.2) is 33.9 Å². The van der Waals surface area contributed by atoms with Crippen molar-refractivity contribution < 1.29 is 9.18 Å². The maximum atomic E-state index is 14.2. The number of carbonyl (C=O) groups is 1. The van der Waals surface area contributed by atoms with E-state index in [2.05, 4.69) is 4.98 Å². The van der Waals surface area contributed by atoms with Gasteiger partial charge in [0, 0.05) is 31.2 Å². The van der Waals surface area contributed by atoms with Gasteiger partial charge >= 0.3 is 5.69 Å². The highest BCUT2D eigenvalue weighted by atomic mass is 19.1. The van der Waals surface area contributed by atoms with E-state index in [4.69, 9.17) is 5.73 Å². The molecule has 1 fully saturated rings. The van der Waals surface area contributed by atoms with E-state index >= 15 is 0 Å². The summed E-state index contributed by atoms with van der Waals surface area (Å²) in [6.07, 6.45) is 2.90. The summed E-state index contributed by atoms with van der Waals surface area (Å²) in [4.78, 5) is 43.6. The Morgan fingerprint density at radius 1 is 1.26 bits per heavy atom. The quantitative estimate of drug-likeness (QED) is 0.634. The van der Waals surface area contributed by atoms with Gasteiger partial charge in [0.25, 0.3) is 5.56 Å². The molecule has 1 aliphatic rings. The SMILES string of the molecule is CCCCN(C(=O)CN1CC[C@H]1c1ccccc1F)c1c(N)n(CCC)c(=O)[nH]c1=O.